The van der Waals surface area contributed by atoms with Crippen molar-refractivity contribution in [3.8, 4) is 11.5 Å². The molecule has 0 spiro atoms. The van der Waals surface area contributed by atoms with Gasteiger partial charge in [-0.15, -0.1) is 0 Å². The molecule has 0 radical (unpaired) electrons. The first-order valence-electron chi connectivity index (χ1n) is 6.17. The van der Waals surface area contributed by atoms with Crippen molar-refractivity contribution in [1.29, 1.82) is 0 Å². The summed E-state index contributed by atoms with van der Waals surface area (Å²) >= 11 is 2.11. The number of carbonyl (C=O) groups excluding carboxylic acids is 1. The Hall–Kier alpha value is -1.56. The van der Waals surface area contributed by atoms with E-state index in [4.69, 9.17) is 9.47 Å². The van der Waals surface area contributed by atoms with Gasteiger partial charge in [0.25, 0.3) is 0 Å². The molecular weight excluding hydrogens is 367 g/mol. The van der Waals surface area contributed by atoms with Crippen molar-refractivity contribution < 1.29 is 14.3 Å². The first-order chi connectivity index (χ1) is 9.63. The summed E-state index contributed by atoms with van der Waals surface area (Å²) in [6.45, 7) is 2.01. The molecule has 2 rings (SSSR count). The van der Waals surface area contributed by atoms with Gasteiger partial charge >= 0.3 is 0 Å². The van der Waals surface area contributed by atoms with Crippen molar-refractivity contribution in [3.63, 3.8) is 0 Å². The van der Waals surface area contributed by atoms with Crippen LogP contribution < -0.4 is 9.47 Å². The van der Waals surface area contributed by atoms with Crippen LogP contribution in [0.2, 0.25) is 0 Å². The molecule has 0 atom stereocenters. The van der Waals surface area contributed by atoms with Crippen LogP contribution in [-0.4, -0.2) is 12.9 Å². The van der Waals surface area contributed by atoms with Crippen LogP contribution in [0.5, 0.6) is 11.5 Å². The van der Waals surface area contributed by atoms with E-state index in [0.29, 0.717) is 23.7 Å². The summed E-state index contributed by atoms with van der Waals surface area (Å²) < 4.78 is 11.9. The van der Waals surface area contributed by atoms with Crippen LogP contribution in [0.3, 0.4) is 0 Å². The predicted octanol–water partition coefficient (Wildman–Crippen LogP) is 4.08. The van der Waals surface area contributed by atoms with Gasteiger partial charge in [0, 0.05) is 5.56 Å². The predicted molar refractivity (Wildman–Crippen MR) is 86.5 cm³/mol. The van der Waals surface area contributed by atoms with E-state index in [-0.39, 0.29) is 5.78 Å². The molecule has 4 heteroatoms. The number of carbonyl (C=O) groups is 1. The van der Waals surface area contributed by atoms with Gasteiger partial charge in [-0.2, -0.15) is 0 Å². The Kier molecular flexibility index (Phi) is 5.00. The lowest BCUT2D eigenvalue weighted by molar-refractivity contribution is 0.101. The van der Waals surface area contributed by atoms with Gasteiger partial charge < -0.3 is 9.47 Å². The molecule has 0 unspecified atom stereocenters. The quantitative estimate of drug-likeness (QED) is 0.578. The van der Waals surface area contributed by atoms with Crippen LogP contribution >= 0.6 is 22.6 Å². The van der Waals surface area contributed by atoms with E-state index in [0.717, 1.165) is 9.13 Å². The summed E-state index contributed by atoms with van der Waals surface area (Å²) in [6, 6.07) is 13.5. The normalized spacial score (nSPS) is 10.2. The first kappa shape index (κ1) is 14.8. The third-order valence-electron chi connectivity index (χ3n) is 2.88. The highest BCUT2D eigenvalue weighted by Crippen LogP contribution is 2.35. The number of Topliss-reactive ketones (excluding diaryl/α,β-unsaturated/α-hetero) is 1. The SMILES string of the molecule is COc1c(OCc2ccccc2)ccc(C(C)=O)c1I. The fourth-order valence-corrected chi connectivity index (χ4v) is 2.90. The molecule has 0 N–H and O–H groups in total. The molecule has 0 aliphatic rings. The van der Waals surface area contributed by atoms with E-state index in [9.17, 15) is 4.79 Å². The zero-order valence-electron chi connectivity index (χ0n) is 11.4. The summed E-state index contributed by atoms with van der Waals surface area (Å²) in [5.41, 5.74) is 1.73. The molecule has 0 heterocycles. The highest BCUT2D eigenvalue weighted by atomic mass is 127. The van der Waals surface area contributed by atoms with Gasteiger partial charge in [-0.1, -0.05) is 30.3 Å². The van der Waals surface area contributed by atoms with Gasteiger partial charge in [0.05, 0.1) is 10.7 Å². The van der Waals surface area contributed by atoms with Crippen LogP contribution in [-0.2, 0) is 6.61 Å². The zero-order chi connectivity index (χ0) is 14.5. The number of rotatable bonds is 5. The molecule has 0 aromatic heterocycles. The first-order valence-corrected chi connectivity index (χ1v) is 7.25. The Morgan fingerprint density at radius 2 is 1.85 bits per heavy atom. The maximum Gasteiger partial charge on any atom is 0.174 e. The Balaban J connectivity index is 2.24. The molecule has 0 fully saturated rings. The minimum atomic E-state index is 0.0160. The van der Waals surface area contributed by atoms with Gasteiger partial charge in [0.2, 0.25) is 0 Å². The topological polar surface area (TPSA) is 35.5 Å². The minimum Gasteiger partial charge on any atom is -0.492 e. The van der Waals surface area contributed by atoms with Gasteiger partial charge in [-0.05, 0) is 47.2 Å². The summed E-state index contributed by atoms with van der Waals surface area (Å²) in [5.74, 6) is 1.27. The van der Waals surface area contributed by atoms with Crippen LogP contribution in [0.25, 0.3) is 0 Å². The van der Waals surface area contributed by atoms with Gasteiger partial charge in [-0.25, -0.2) is 0 Å². The lowest BCUT2D eigenvalue weighted by Gasteiger charge is -2.14. The molecule has 0 aliphatic carbocycles. The summed E-state index contributed by atoms with van der Waals surface area (Å²) in [6.07, 6.45) is 0. The van der Waals surface area contributed by atoms with Gasteiger partial charge in [0.1, 0.15) is 6.61 Å². The number of ether oxygens (including phenoxy) is 2. The molecular formula is C16H15IO3. The van der Waals surface area contributed by atoms with Gasteiger partial charge in [0.15, 0.2) is 17.3 Å². The molecule has 0 bridgehead atoms. The Morgan fingerprint density at radius 1 is 1.15 bits per heavy atom. The minimum absolute atomic E-state index is 0.0160. The molecule has 0 aliphatic heterocycles. The molecule has 0 amide bonds. The maximum atomic E-state index is 11.5. The van der Waals surface area contributed by atoms with Crippen molar-refractivity contribution in [2.75, 3.05) is 7.11 Å². The van der Waals surface area contributed by atoms with Crippen molar-refractivity contribution in [3.05, 3.63) is 57.2 Å². The fraction of sp³-hybridized carbons (Fsp3) is 0.188. The van der Waals surface area contributed by atoms with Crippen LogP contribution in [0.1, 0.15) is 22.8 Å². The number of hydrogen-bond donors (Lipinski definition) is 0. The van der Waals surface area contributed by atoms with Crippen molar-refractivity contribution in [1.82, 2.24) is 0 Å². The number of benzene rings is 2. The lowest BCUT2D eigenvalue weighted by Crippen LogP contribution is -2.03. The molecule has 20 heavy (non-hydrogen) atoms. The van der Waals surface area contributed by atoms with E-state index in [1.807, 2.05) is 30.3 Å². The second-order valence-corrected chi connectivity index (χ2v) is 5.37. The highest BCUT2D eigenvalue weighted by Gasteiger charge is 2.15. The van der Waals surface area contributed by atoms with Crippen LogP contribution in [0, 0.1) is 3.57 Å². The summed E-state index contributed by atoms with van der Waals surface area (Å²) in [4.78, 5) is 11.5. The molecule has 2 aromatic carbocycles. The third kappa shape index (κ3) is 3.30. The number of hydrogen-bond acceptors (Lipinski definition) is 3. The molecule has 2 aromatic rings. The second kappa shape index (κ2) is 6.74. The van der Waals surface area contributed by atoms with Crippen molar-refractivity contribution in [2.45, 2.75) is 13.5 Å². The monoisotopic (exact) mass is 382 g/mol. The van der Waals surface area contributed by atoms with Gasteiger partial charge in [-0.3, -0.25) is 4.79 Å². The van der Waals surface area contributed by atoms with E-state index >= 15 is 0 Å². The molecule has 104 valence electrons. The van der Waals surface area contributed by atoms with E-state index < -0.39 is 0 Å². The largest absolute Gasteiger partial charge is 0.492 e. The number of ketones is 1. The Labute approximate surface area is 132 Å². The number of halogens is 1. The number of methoxy groups -OCH3 is 1. The Bertz CT molecular complexity index is 609. The summed E-state index contributed by atoms with van der Waals surface area (Å²) in [5, 5.41) is 0. The van der Waals surface area contributed by atoms with E-state index in [1.54, 1.807) is 26.2 Å². The van der Waals surface area contributed by atoms with Crippen molar-refractivity contribution >= 4 is 28.4 Å². The molecule has 0 saturated heterocycles. The van der Waals surface area contributed by atoms with Crippen LogP contribution in [0.4, 0.5) is 0 Å². The van der Waals surface area contributed by atoms with Crippen LogP contribution in [0.15, 0.2) is 42.5 Å². The average Bonchev–Trinajstić information content (AvgIpc) is 2.45. The van der Waals surface area contributed by atoms with E-state index in [2.05, 4.69) is 22.6 Å². The Morgan fingerprint density at radius 3 is 2.45 bits per heavy atom. The molecule has 3 nitrogen and oxygen atoms in total. The van der Waals surface area contributed by atoms with E-state index in [1.165, 1.54) is 0 Å². The molecule has 0 saturated carbocycles. The smallest absolute Gasteiger partial charge is 0.174 e. The summed E-state index contributed by atoms with van der Waals surface area (Å²) in [7, 11) is 1.58. The van der Waals surface area contributed by atoms with Crippen molar-refractivity contribution in [2.24, 2.45) is 0 Å². The standard InChI is InChI=1S/C16H15IO3/c1-11(18)13-8-9-14(16(19-2)15(13)17)20-10-12-6-4-3-5-7-12/h3-9H,10H2,1-2H3. The highest BCUT2D eigenvalue weighted by molar-refractivity contribution is 14.1. The average molecular weight is 382 g/mol. The lowest BCUT2D eigenvalue weighted by atomic mass is 10.1. The third-order valence-corrected chi connectivity index (χ3v) is 3.95. The zero-order valence-corrected chi connectivity index (χ0v) is 13.5. The fourth-order valence-electron chi connectivity index (χ4n) is 1.85. The maximum absolute atomic E-state index is 11.5. The second-order valence-electron chi connectivity index (χ2n) is 4.29.